The van der Waals surface area contributed by atoms with E-state index in [0.717, 1.165) is 5.71 Å². The average Bonchev–Trinajstić information content (AvgIpc) is 2.74. The number of sulfonamides is 1. The zero-order valence-electron chi connectivity index (χ0n) is 18.0. The summed E-state index contributed by atoms with van der Waals surface area (Å²) in [6.45, 7) is 9.17. The van der Waals surface area contributed by atoms with Crippen LogP contribution in [0.5, 0.6) is 5.75 Å². The normalized spacial score (nSPS) is 16.0. The van der Waals surface area contributed by atoms with Gasteiger partial charge in [-0.2, -0.15) is 4.58 Å². The average molecular weight is 462 g/mol. The maximum Gasteiger partial charge on any atom is 0.411 e. The van der Waals surface area contributed by atoms with Crippen LogP contribution in [0, 0.1) is 12.7 Å². The molecule has 32 heavy (non-hydrogen) atoms. The summed E-state index contributed by atoms with van der Waals surface area (Å²) in [5.74, 6) is -0.163. The fraction of sp³-hybridized carbons (Fsp3) is 0.318. The standard InChI is InChI=1S/C22H26FN4O4S/c1-4-22(28)27-10-9-26(13-16(27)3)14-20(17-6-5-15(2)19(23)11-17)31-18-7-8-21(25-12-18)32(24,29)30/h4-8,11-12,20H,1,9-10,13-14H2,2-3H3,(H2,24,29,30)/q+1/t20-/m1/s1. The monoisotopic (exact) mass is 461 g/mol. The van der Waals surface area contributed by atoms with Crippen molar-refractivity contribution < 1.29 is 26.9 Å². The van der Waals surface area contributed by atoms with Crippen molar-refractivity contribution in [2.75, 3.05) is 26.2 Å². The Morgan fingerprint density at radius 2 is 2.12 bits per heavy atom. The van der Waals surface area contributed by atoms with E-state index >= 15 is 0 Å². The number of amides is 1. The number of nitrogens with two attached hydrogens (primary N) is 1. The van der Waals surface area contributed by atoms with Crippen LogP contribution < -0.4 is 9.88 Å². The molecule has 0 unspecified atom stereocenters. The number of hydrogen-bond acceptors (Lipinski definition) is 6. The molecule has 3 rings (SSSR count). The number of carbonyl (C=O) groups is 1. The van der Waals surface area contributed by atoms with Gasteiger partial charge in [0.2, 0.25) is 0 Å². The van der Waals surface area contributed by atoms with Crippen LogP contribution >= 0.6 is 0 Å². The molecule has 1 aromatic carbocycles. The highest BCUT2D eigenvalue weighted by Crippen LogP contribution is 2.25. The zero-order chi connectivity index (χ0) is 23.5. The molecule has 2 aromatic rings. The Hall–Kier alpha value is -2.95. The Balaban J connectivity index is 1.85. The van der Waals surface area contributed by atoms with Gasteiger partial charge < -0.3 is 4.74 Å². The molecule has 0 fully saturated rings. The molecule has 1 aromatic heterocycles. The van der Waals surface area contributed by atoms with Crippen molar-refractivity contribution in [1.29, 1.82) is 0 Å². The summed E-state index contributed by atoms with van der Waals surface area (Å²) in [5, 5.41) is 4.83. The molecule has 0 bridgehead atoms. The number of primary sulfonamides is 1. The van der Waals surface area contributed by atoms with Crippen LogP contribution in [0.25, 0.3) is 0 Å². The van der Waals surface area contributed by atoms with Gasteiger partial charge in [-0.05, 0) is 36.2 Å². The fourth-order valence-corrected chi connectivity index (χ4v) is 3.97. The highest BCUT2D eigenvalue weighted by Gasteiger charge is 2.29. The third-order valence-corrected chi connectivity index (χ3v) is 6.09. The quantitative estimate of drug-likeness (QED) is 0.498. The first-order valence-electron chi connectivity index (χ1n) is 9.98. The molecule has 0 spiro atoms. The first-order chi connectivity index (χ1) is 15.1. The summed E-state index contributed by atoms with van der Waals surface area (Å²) < 4.78 is 44.9. The second-order valence-corrected chi connectivity index (χ2v) is 9.16. The Morgan fingerprint density at radius 1 is 1.38 bits per heavy atom. The fourth-order valence-electron chi connectivity index (χ4n) is 3.51. The number of ether oxygens (including phenoxy) is 1. The molecule has 0 saturated heterocycles. The van der Waals surface area contributed by atoms with Gasteiger partial charge in [0, 0.05) is 19.5 Å². The van der Waals surface area contributed by atoms with E-state index in [1.54, 1.807) is 23.6 Å². The number of halogens is 1. The summed E-state index contributed by atoms with van der Waals surface area (Å²) in [6.07, 6.45) is 2.01. The molecule has 1 aliphatic rings. The maximum absolute atomic E-state index is 14.3. The predicted octanol–water partition coefficient (Wildman–Crippen LogP) is 1.80. The van der Waals surface area contributed by atoms with E-state index in [1.165, 1.54) is 30.5 Å². The second-order valence-electron chi connectivity index (χ2n) is 7.66. The third kappa shape index (κ3) is 5.64. The lowest BCUT2D eigenvalue weighted by Crippen LogP contribution is -2.47. The summed E-state index contributed by atoms with van der Waals surface area (Å²) >= 11 is 0. The Morgan fingerprint density at radius 3 is 2.69 bits per heavy atom. The molecule has 10 heteroatoms. The van der Waals surface area contributed by atoms with Crippen molar-refractivity contribution in [3.05, 3.63) is 66.1 Å². The van der Waals surface area contributed by atoms with Crippen LogP contribution in [0.1, 0.15) is 24.2 Å². The largest absolute Gasteiger partial charge is 0.483 e. The van der Waals surface area contributed by atoms with Crippen LogP contribution in [0.4, 0.5) is 4.39 Å². The minimum absolute atomic E-state index is 0.142. The smallest absolute Gasteiger partial charge is 0.411 e. The molecular formula is C22H26FN4O4S+. The number of carbonyl (C=O) groups excluding carboxylic acids is 1. The number of rotatable bonds is 7. The van der Waals surface area contributed by atoms with Crippen LogP contribution in [0.2, 0.25) is 0 Å². The molecule has 170 valence electrons. The van der Waals surface area contributed by atoms with Crippen molar-refractivity contribution in [3.63, 3.8) is 0 Å². The van der Waals surface area contributed by atoms with E-state index in [2.05, 4.69) is 16.5 Å². The minimum atomic E-state index is -3.92. The summed E-state index contributed by atoms with van der Waals surface area (Å²) in [7, 11) is -3.92. The van der Waals surface area contributed by atoms with Crippen molar-refractivity contribution >= 4 is 21.6 Å². The highest BCUT2D eigenvalue weighted by atomic mass is 32.2. The first kappa shape index (κ1) is 23.7. The van der Waals surface area contributed by atoms with E-state index in [0.29, 0.717) is 43.1 Å². The second kappa shape index (κ2) is 9.68. The zero-order valence-corrected chi connectivity index (χ0v) is 18.8. The molecule has 0 saturated carbocycles. The lowest BCUT2D eigenvalue weighted by molar-refractivity contribution is -0.451. The van der Waals surface area contributed by atoms with Gasteiger partial charge in [0.1, 0.15) is 17.7 Å². The van der Waals surface area contributed by atoms with Crippen molar-refractivity contribution in [2.24, 2.45) is 5.14 Å². The lowest BCUT2D eigenvalue weighted by Gasteiger charge is -2.29. The van der Waals surface area contributed by atoms with Gasteiger partial charge in [-0.3, -0.25) is 4.90 Å². The Kier molecular flexibility index (Phi) is 7.17. The molecule has 1 aliphatic heterocycles. The number of pyridine rings is 1. The Labute approximate surface area is 186 Å². The van der Waals surface area contributed by atoms with Gasteiger partial charge in [-0.25, -0.2) is 27.7 Å². The summed E-state index contributed by atoms with van der Waals surface area (Å²) in [5.41, 5.74) is 2.03. The lowest BCUT2D eigenvalue weighted by atomic mass is 10.1. The molecule has 1 amide bonds. The molecule has 0 aliphatic carbocycles. The Bertz CT molecular complexity index is 1160. The molecule has 8 nitrogen and oxygen atoms in total. The van der Waals surface area contributed by atoms with E-state index in [4.69, 9.17) is 9.88 Å². The van der Waals surface area contributed by atoms with E-state index in [-0.39, 0.29) is 16.8 Å². The molecule has 1 atom stereocenters. The van der Waals surface area contributed by atoms with E-state index < -0.39 is 16.1 Å². The molecule has 2 N–H and O–H groups in total. The summed E-state index contributed by atoms with van der Waals surface area (Å²) in [6, 6.07) is 7.63. The predicted molar refractivity (Wildman–Crippen MR) is 118 cm³/mol. The third-order valence-electron chi connectivity index (χ3n) is 5.26. The van der Waals surface area contributed by atoms with Crippen LogP contribution in [0.3, 0.4) is 0 Å². The molecular weight excluding hydrogens is 435 g/mol. The minimum Gasteiger partial charge on any atom is -0.483 e. The van der Waals surface area contributed by atoms with Crippen LogP contribution in [-0.2, 0) is 14.8 Å². The van der Waals surface area contributed by atoms with Gasteiger partial charge >= 0.3 is 5.91 Å². The van der Waals surface area contributed by atoms with Gasteiger partial charge in [0.25, 0.3) is 10.0 Å². The SMILES string of the molecule is C=CC(=O)[N+]1=C(C)CN(C[C@@H](Oc2ccc(S(N)(=O)=O)nc2)c2ccc(C)c(F)c2)CC1. The highest BCUT2D eigenvalue weighted by molar-refractivity contribution is 7.89. The van der Waals surface area contributed by atoms with E-state index in [1.807, 2.05) is 6.92 Å². The summed E-state index contributed by atoms with van der Waals surface area (Å²) in [4.78, 5) is 17.9. The topological polar surface area (TPSA) is 106 Å². The molecule has 0 radical (unpaired) electrons. The van der Waals surface area contributed by atoms with Gasteiger partial charge in [-0.15, -0.1) is 0 Å². The van der Waals surface area contributed by atoms with Crippen LogP contribution in [0.15, 0.2) is 54.2 Å². The van der Waals surface area contributed by atoms with Crippen molar-refractivity contribution in [2.45, 2.75) is 25.0 Å². The number of aryl methyl sites for hydroxylation is 1. The van der Waals surface area contributed by atoms with E-state index in [9.17, 15) is 17.6 Å². The number of aromatic nitrogens is 1. The van der Waals surface area contributed by atoms with Crippen LogP contribution in [-0.4, -0.2) is 60.7 Å². The van der Waals surface area contributed by atoms with Crippen molar-refractivity contribution in [1.82, 2.24) is 9.88 Å². The van der Waals surface area contributed by atoms with Gasteiger partial charge in [-0.1, -0.05) is 18.7 Å². The number of benzene rings is 1. The van der Waals surface area contributed by atoms with Gasteiger partial charge in [0.05, 0.1) is 19.3 Å². The van der Waals surface area contributed by atoms with Crippen molar-refractivity contribution in [3.8, 4) is 5.75 Å². The first-order valence-corrected chi connectivity index (χ1v) is 11.5. The molecule has 2 heterocycles. The number of hydrogen-bond donors (Lipinski definition) is 1. The number of nitrogens with zero attached hydrogens (tertiary/aromatic N) is 3. The van der Waals surface area contributed by atoms with Gasteiger partial charge in [0.15, 0.2) is 17.3 Å². The maximum atomic E-state index is 14.3.